The van der Waals surface area contributed by atoms with Crippen LogP contribution in [0.3, 0.4) is 0 Å². The Labute approximate surface area is 116 Å². The lowest BCUT2D eigenvalue weighted by Crippen LogP contribution is -2.26. The molecule has 2 aromatic rings. The maximum Gasteiger partial charge on any atom is 0.109 e. The lowest BCUT2D eigenvalue weighted by molar-refractivity contribution is 0.460. The third-order valence-electron chi connectivity index (χ3n) is 3.26. The van der Waals surface area contributed by atoms with Crippen LogP contribution in [0.15, 0.2) is 40.7 Å². The van der Waals surface area contributed by atoms with Crippen molar-refractivity contribution in [3.63, 3.8) is 0 Å². The molecule has 2 heterocycles. The smallest absolute Gasteiger partial charge is 0.109 e. The van der Waals surface area contributed by atoms with E-state index < -0.39 is 0 Å². The van der Waals surface area contributed by atoms with E-state index in [4.69, 9.17) is 0 Å². The first-order chi connectivity index (χ1) is 8.88. The Morgan fingerprint density at radius 2 is 2.33 bits per heavy atom. The average Bonchev–Trinajstić information content (AvgIpc) is 3.06. The molecule has 0 saturated heterocycles. The fourth-order valence-corrected chi connectivity index (χ4v) is 4.27. The number of hydrogen-bond acceptors (Lipinski definition) is 4. The molecule has 0 aliphatic carbocycles. The van der Waals surface area contributed by atoms with Gasteiger partial charge in [-0.25, -0.2) is 4.98 Å². The highest BCUT2D eigenvalue weighted by atomic mass is 32.2. The van der Waals surface area contributed by atoms with Gasteiger partial charge in [0.2, 0.25) is 0 Å². The third kappa shape index (κ3) is 2.32. The van der Waals surface area contributed by atoms with E-state index in [9.17, 15) is 0 Å². The summed E-state index contributed by atoms with van der Waals surface area (Å²) < 4.78 is 0. The van der Waals surface area contributed by atoms with Gasteiger partial charge in [0.15, 0.2) is 0 Å². The van der Waals surface area contributed by atoms with Gasteiger partial charge in [-0.1, -0.05) is 25.1 Å². The number of hydrogen-bond donors (Lipinski definition) is 1. The van der Waals surface area contributed by atoms with E-state index in [1.807, 2.05) is 18.0 Å². The summed E-state index contributed by atoms with van der Waals surface area (Å²) in [7, 11) is 0. The molecular weight excluding hydrogens is 260 g/mol. The maximum absolute atomic E-state index is 4.43. The molecule has 1 N–H and O–H groups in total. The Hall–Kier alpha value is -0.840. The van der Waals surface area contributed by atoms with Crippen molar-refractivity contribution >= 4 is 23.1 Å². The molecule has 2 atom stereocenters. The lowest BCUT2D eigenvalue weighted by Gasteiger charge is -2.20. The first kappa shape index (κ1) is 12.2. The Morgan fingerprint density at radius 3 is 3.11 bits per heavy atom. The molecule has 4 heteroatoms. The van der Waals surface area contributed by atoms with Crippen molar-refractivity contribution in [3.8, 4) is 0 Å². The highest BCUT2D eigenvalue weighted by Crippen LogP contribution is 2.39. The van der Waals surface area contributed by atoms with Crippen molar-refractivity contribution in [2.45, 2.75) is 30.3 Å². The Balaban J connectivity index is 1.77. The van der Waals surface area contributed by atoms with E-state index >= 15 is 0 Å². The van der Waals surface area contributed by atoms with E-state index in [1.165, 1.54) is 15.5 Å². The van der Waals surface area contributed by atoms with E-state index in [-0.39, 0.29) is 0 Å². The van der Waals surface area contributed by atoms with Crippen LogP contribution >= 0.6 is 23.1 Å². The summed E-state index contributed by atoms with van der Waals surface area (Å²) in [5.74, 6) is 1.13. The summed E-state index contributed by atoms with van der Waals surface area (Å²) in [6.45, 7) is 2.22. The van der Waals surface area contributed by atoms with Crippen molar-refractivity contribution in [2.75, 3.05) is 5.75 Å². The number of fused-ring (bicyclic) bond motifs is 1. The van der Waals surface area contributed by atoms with Gasteiger partial charge >= 0.3 is 0 Å². The average molecular weight is 276 g/mol. The zero-order chi connectivity index (χ0) is 12.4. The normalized spacial score (nSPS) is 19.7. The number of benzene rings is 1. The molecule has 0 radical (unpaired) electrons. The molecule has 1 aliphatic rings. The summed E-state index contributed by atoms with van der Waals surface area (Å²) in [6.07, 6.45) is 2.97. The molecule has 3 rings (SSSR count). The van der Waals surface area contributed by atoms with E-state index in [0.717, 1.165) is 12.2 Å². The molecule has 18 heavy (non-hydrogen) atoms. The molecule has 2 unspecified atom stereocenters. The van der Waals surface area contributed by atoms with Gasteiger partial charge < -0.3 is 5.32 Å². The molecule has 1 aromatic carbocycles. The van der Waals surface area contributed by atoms with Gasteiger partial charge in [-0.3, -0.25) is 0 Å². The molecule has 1 aliphatic heterocycles. The minimum Gasteiger partial charge on any atom is -0.300 e. The van der Waals surface area contributed by atoms with Gasteiger partial charge in [0.05, 0.1) is 6.04 Å². The van der Waals surface area contributed by atoms with Crippen LogP contribution in [-0.2, 0) is 0 Å². The second-order valence-corrected chi connectivity index (χ2v) is 6.39. The first-order valence-corrected chi connectivity index (χ1v) is 8.12. The quantitative estimate of drug-likeness (QED) is 0.912. The molecule has 0 fully saturated rings. The molecular formula is C14H16N2S2. The summed E-state index contributed by atoms with van der Waals surface area (Å²) in [5, 5.41) is 7.00. The molecule has 0 bridgehead atoms. The van der Waals surface area contributed by atoms with Crippen LogP contribution in [0.25, 0.3) is 0 Å². The van der Waals surface area contributed by atoms with Crippen LogP contribution in [0, 0.1) is 0 Å². The predicted octanol–water partition coefficient (Wildman–Crippen LogP) is 4.03. The van der Waals surface area contributed by atoms with Crippen LogP contribution in [0.5, 0.6) is 0 Å². The molecule has 0 saturated carbocycles. The summed E-state index contributed by atoms with van der Waals surface area (Å²) in [6, 6.07) is 9.53. The molecule has 94 valence electrons. The summed E-state index contributed by atoms with van der Waals surface area (Å²) in [4.78, 5) is 5.86. The van der Waals surface area contributed by atoms with Gasteiger partial charge in [-0.05, 0) is 18.1 Å². The summed E-state index contributed by atoms with van der Waals surface area (Å²) >= 11 is 3.69. The van der Waals surface area contributed by atoms with Crippen LogP contribution in [0.4, 0.5) is 0 Å². The second-order valence-electron chi connectivity index (χ2n) is 4.40. The standard InChI is InChI=1S/C14H16N2S2/c1-2-11(14-15-7-8-17-14)16-12-9-18-13-6-4-3-5-10(12)13/h3-8,11-12,16H,2,9H2,1H3. The molecule has 0 spiro atoms. The lowest BCUT2D eigenvalue weighted by atomic mass is 10.1. The van der Waals surface area contributed by atoms with E-state index in [1.54, 1.807) is 11.3 Å². The number of thioether (sulfide) groups is 1. The van der Waals surface area contributed by atoms with Crippen molar-refractivity contribution in [2.24, 2.45) is 0 Å². The number of nitrogens with zero attached hydrogens (tertiary/aromatic N) is 1. The Bertz CT molecular complexity index is 510. The van der Waals surface area contributed by atoms with Crippen molar-refractivity contribution in [3.05, 3.63) is 46.4 Å². The van der Waals surface area contributed by atoms with Gasteiger partial charge in [-0.2, -0.15) is 0 Å². The first-order valence-electron chi connectivity index (χ1n) is 6.25. The zero-order valence-corrected chi connectivity index (χ0v) is 11.9. The molecule has 0 amide bonds. The minimum absolute atomic E-state index is 0.377. The number of thiazole rings is 1. The van der Waals surface area contributed by atoms with Crippen LogP contribution < -0.4 is 5.32 Å². The van der Waals surface area contributed by atoms with Crippen molar-refractivity contribution < 1.29 is 0 Å². The third-order valence-corrected chi connectivity index (χ3v) is 5.33. The predicted molar refractivity (Wildman–Crippen MR) is 78.2 cm³/mol. The second kappa shape index (κ2) is 5.43. The van der Waals surface area contributed by atoms with Crippen molar-refractivity contribution in [1.82, 2.24) is 10.3 Å². The molecule has 2 nitrogen and oxygen atoms in total. The number of aromatic nitrogens is 1. The highest BCUT2D eigenvalue weighted by molar-refractivity contribution is 7.99. The van der Waals surface area contributed by atoms with Crippen molar-refractivity contribution in [1.29, 1.82) is 0 Å². The Kier molecular flexibility index (Phi) is 3.68. The summed E-state index contributed by atoms with van der Waals surface area (Å²) in [5.41, 5.74) is 1.44. The zero-order valence-electron chi connectivity index (χ0n) is 10.3. The Morgan fingerprint density at radius 1 is 1.44 bits per heavy atom. The highest BCUT2D eigenvalue weighted by Gasteiger charge is 2.25. The fraction of sp³-hybridized carbons (Fsp3) is 0.357. The van der Waals surface area contributed by atoms with Crippen LogP contribution in [-0.4, -0.2) is 10.7 Å². The number of nitrogens with one attached hydrogen (secondary N) is 1. The maximum atomic E-state index is 4.43. The number of rotatable bonds is 4. The topological polar surface area (TPSA) is 24.9 Å². The van der Waals surface area contributed by atoms with Crippen LogP contribution in [0.1, 0.15) is 36.0 Å². The molecule has 1 aromatic heterocycles. The monoisotopic (exact) mass is 276 g/mol. The van der Waals surface area contributed by atoms with Gasteiger partial charge in [0.1, 0.15) is 5.01 Å². The van der Waals surface area contributed by atoms with E-state index in [0.29, 0.717) is 12.1 Å². The fourth-order valence-electron chi connectivity index (χ4n) is 2.31. The largest absolute Gasteiger partial charge is 0.300 e. The van der Waals surface area contributed by atoms with Gasteiger partial charge in [0.25, 0.3) is 0 Å². The van der Waals surface area contributed by atoms with E-state index in [2.05, 4.69) is 46.9 Å². The van der Waals surface area contributed by atoms with Gasteiger partial charge in [0, 0.05) is 28.3 Å². The SMILES string of the molecule is CCC(NC1CSc2ccccc21)c1nccs1. The minimum atomic E-state index is 0.377. The van der Waals surface area contributed by atoms with Crippen LogP contribution in [0.2, 0.25) is 0 Å². The van der Waals surface area contributed by atoms with Gasteiger partial charge in [-0.15, -0.1) is 23.1 Å².